The zero-order chi connectivity index (χ0) is 23.0. The van der Waals surface area contributed by atoms with Crippen LogP contribution in [0.5, 0.6) is 0 Å². The summed E-state index contributed by atoms with van der Waals surface area (Å²) in [5.41, 5.74) is -3.27. The highest BCUT2D eigenvalue weighted by Gasteiger charge is 2.51. The largest absolute Gasteiger partial charge is 0.421 e. The molecule has 2 atom stereocenters. The predicted octanol–water partition coefficient (Wildman–Crippen LogP) is 5.56. The van der Waals surface area contributed by atoms with Crippen LogP contribution in [0.15, 0.2) is 24.3 Å². The van der Waals surface area contributed by atoms with Gasteiger partial charge in [-0.15, -0.1) is 0 Å². The van der Waals surface area contributed by atoms with E-state index in [1.54, 1.807) is 0 Å². The van der Waals surface area contributed by atoms with Crippen LogP contribution in [0.2, 0.25) is 0 Å². The van der Waals surface area contributed by atoms with Crippen LogP contribution >= 0.6 is 0 Å². The highest BCUT2D eigenvalue weighted by Crippen LogP contribution is 2.46. The van der Waals surface area contributed by atoms with Crippen molar-refractivity contribution in [3.8, 4) is 6.07 Å². The zero-order valence-electron chi connectivity index (χ0n) is 18.4. The van der Waals surface area contributed by atoms with Crippen LogP contribution in [0.1, 0.15) is 81.6 Å². The number of nitrogens with zero attached hydrogens (tertiary/aromatic N) is 2. The molecule has 31 heavy (non-hydrogen) atoms. The van der Waals surface area contributed by atoms with Gasteiger partial charge in [-0.3, -0.25) is 4.79 Å². The van der Waals surface area contributed by atoms with Crippen LogP contribution in [-0.4, -0.2) is 34.2 Å². The molecule has 0 spiro atoms. The summed E-state index contributed by atoms with van der Waals surface area (Å²) in [5.74, 6) is 0.121. The molecule has 0 aliphatic heterocycles. The highest BCUT2D eigenvalue weighted by atomic mass is 19.4. The van der Waals surface area contributed by atoms with Crippen molar-refractivity contribution in [1.82, 2.24) is 4.90 Å². The van der Waals surface area contributed by atoms with Gasteiger partial charge in [0.05, 0.1) is 11.5 Å². The number of amides is 1. The van der Waals surface area contributed by atoms with Gasteiger partial charge in [-0.2, -0.15) is 18.4 Å². The molecule has 2 fully saturated rings. The number of carbonyl (C=O) groups is 1. The topological polar surface area (TPSA) is 64.3 Å². The Hall–Kier alpha value is -2.07. The molecule has 0 radical (unpaired) electrons. The van der Waals surface area contributed by atoms with Crippen molar-refractivity contribution >= 4 is 5.91 Å². The smallest absolute Gasteiger partial charge is 0.376 e. The summed E-state index contributed by atoms with van der Waals surface area (Å²) in [6.07, 6.45) is 1.04. The van der Waals surface area contributed by atoms with E-state index in [1.807, 2.05) is 4.90 Å². The molecule has 2 saturated carbocycles. The average molecular weight is 437 g/mol. The quantitative estimate of drug-likeness (QED) is 0.635. The van der Waals surface area contributed by atoms with Gasteiger partial charge in [0, 0.05) is 17.6 Å². The first-order valence-corrected chi connectivity index (χ1v) is 11.1. The minimum atomic E-state index is -4.80. The third kappa shape index (κ3) is 4.45. The molecule has 2 aliphatic carbocycles. The summed E-state index contributed by atoms with van der Waals surface area (Å²) in [4.78, 5) is 15.2. The maximum absolute atomic E-state index is 13.3. The summed E-state index contributed by atoms with van der Waals surface area (Å²) < 4.78 is 39.3. The van der Waals surface area contributed by atoms with E-state index in [0.717, 1.165) is 44.9 Å². The van der Waals surface area contributed by atoms with Crippen molar-refractivity contribution < 1.29 is 23.1 Å². The first kappa shape index (κ1) is 23.6. The van der Waals surface area contributed by atoms with Crippen molar-refractivity contribution in [3.63, 3.8) is 0 Å². The number of nitriles is 1. The van der Waals surface area contributed by atoms with Gasteiger partial charge in [0.2, 0.25) is 0 Å². The fraction of sp³-hybridized carbons (Fsp3) is 0.667. The van der Waals surface area contributed by atoms with Gasteiger partial charge in [-0.25, -0.2) is 0 Å². The molecule has 1 aromatic rings. The first-order valence-electron chi connectivity index (χ1n) is 11.1. The second-order valence-electron chi connectivity index (χ2n) is 9.40. The molecule has 7 heteroatoms. The van der Waals surface area contributed by atoms with Crippen LogP contribution in [0.4, 0.5) is 13.2 Å². The van der Waals surface area contributed by atoms with Gasteiger partial charge in [0.15, 0.2) is 5.60 Å². The van der Waals surface area contributed by atoms with Gasteiger partial charge in [-0.05, 0) is 69.1 Å². The lowest BCUT2D eigenvalue weighted by atomic mass is 9.65. The van der Waals surface area contributed by atoms with Gasteiger partial charge >= 0.3 is 6.18 Å². The van der Waals surface area contributed by atoms with E-state index in [2.05, 4.69) is 19.9 Å². The number of carbonyl (C=O) groups excluding carboxylic acids is 1. The van der Waals surface area contributed by atoms with E-state index in [-0.39, 0.29) is 29.0 Å². The lowest BCUT2D eigenvalue weighted by Gasteiger charge is -2.43. The van der Waals surface area contributed by atoms with E-state index in [4.69, 9.17) is 0 Å². The van der Waals surface area contributed by atoms with Crippen molar-refractivity contribution in [3.05, 3.63) is 35.4 Å². The van der Waals surface area contributed by atoms with Gasteiger partial charge < -0.3 is 10.0 Å². The monoisotopic (exact) mass is 436 g/mol. The van der Waals surface area contributed by atoms with E-state index in [1.165, 1.54) is 24.3 Å². The number of aliphatic hydroxyl groups is 1. The molecule has 4 nitrogen and oxygen atoms in total. The number of alkyl halides is 3. The predicted molar refractivity (Wildman–Crippen MR) is 111 cm³/mol. The van der Waals surface area contributed by atoms with E-state index in [9.17, 15) is 28.3 Å². The molecule has 0 heterocycles. The molecule has 0 saturated heterocycles. The Labute approximate surface area is 182 Å². The van der Waals surface area contributed by atoms with Gasteiger partial charge in [-0.1, -0.05) is 32.4 Å². The number of hydrogen-bond donors (Lipinski definition) is 1. The van der Waals surface area contributed by atoms with Gasteiger partial charge in [0.25, 0.3) is 5.91 Å². The van der Waals surface area contributed by atoms with Crippen molar-refractivity contribution in [2.75, 3.05) is 0 Å². The molecule has 1 aromatic carbocycles. The SMILES string of the molecule is CCC(C)C1(C#N)CCC(N(C(=O)c2ccc([C@](C)(O)C(F)(F)F)cc2)C2CC2)CC1. The zero-order valence-corrected chi connectivity index (χ0v) is 18.4. The fourth-order valence-electron chi connectivity index (χ4n) is 4.73. The number of halogens is 3. The summed E-state index contributed by atoms with van der Waals surface area (Å²) in [6, 6.07) is 7.85. The summed E-state index contributed by atoms with van der Waals surface area (Å²) in [7, 11) is 0. The van der Waals surface area contributed by atoms with Gasteiger partial charge in [0.1, 0.15) is 0 Å². The Bertz CT molecular complexity index is 830. The minimum absolute atomic E-state index is 0.0449. The second kappa shape index (κ2) is 8.46. The fourth-order valence-corrected chi connectivity index (χ4v) is 4.73. The maximum Gasteiger partial charge on any atom is 0.421 e. The highest BCUT2D eigenvalue weighted by molar-refractivity contribution is 5.95. The molecule has 1 amide bonds. The molecule has 1 N–H and O–H groups in total. The normalized spacial score (nSPS) is 27.1. The molecule has 0 aromatic heterocycles. The van der Waals surface area contributed by atoms with E-state index in [0.29, 0.717) is 18.4 Å². The Kier molecular flexibility index (Phi) is 6.44. The third-order valence-corrected chi connectivity index (χ3v) is 7.44. The molecule has 170 valence electrons. The Balaban J connectivity index is 1.76. The average Bonchev–Trinajstić information content (AvgIpc) is 3.58. The summed E-state index contributed by atoms with van der Waals surface area (Å²) in [5, 5.41) is 19.6. The number of benzene rings is 1. The van der Waals surface area contributed by atoms with Crippen LogP contribution in [0, 0.1) is 22.7 Å². The Morgan fingerprint density at radius 3 is 2.13 bits per heavy atom. The van der Waals surface area contributed by atoms with Crippen molar-refractivity contribution in [2.45, 2.75) is 89.6 Å². The molecule has 0 bridgehead atoms. The Morgan fingerprint density at radius 2 is 1.71 bits per heavy atom. The number of hydrogen-bond acceptors (Lipinski definition) is 3. The molecular weight excluding hydrogens is 405 g/mol. The van der Waals surface area contributed by atoms with Crippen LogP contribution in [0.3, 0.4) is 0 Å². The lowest BCUT2D eigenvalue weighted by molar-refractivity contribution is -0.258. The van der Waals surface area contributed by atoms with Crippen LogP contribution in [-0.2, 0) is 5.60 Å². The third-order valence-electron chi connectivity index (χ3n) is 7.44. The summed E-state index contributed by atoms with van der Waals surface area (Å²) >= 11 is 0. The molecule has 1 unspecified atom stereocenters. The number of rotatable bonds is 6. The maximum atomic E-state index is 13.3. The second-order valence-corrected chi connectivity index (χ2v) is 9.40. The van der Waals surface area contributed by atoms with Crippen LogP contribution in [0.25, 0.3) is 0 Å². The Morgan fingerprint density at radius 1 is 1.19 bits per heavy atom. The summed E-state index contributed by atoms with van der Waals surface area (Å²) in [6.45, 7) is 4.92. The lowest BCUT2D eigenvalue weighted by Crippen LogP contribution is -2.46. The minimum Gasteiger partial charge on any atom is -0.376 e. The molecule has 3 rings (SSSR count). The van der Waals surface area contributed by atoms with E-state index >= 15 is 0 Å². The standard InChI is InChI=1S/C24H31F3N2O2/c1-4-16(2)23(15-28)13-11-20(12-14-23)29(19-9-10-19)21(30)17-5-7-18(8-6-17)22(3,31)24(25,26)27/h5-8,16,19-20,31H,4,9-14H2,1-3H3/t16?,20?,22-,23?/m0/s1. The molecular formula is C24H31F3N2O2. The van der Waals surface area contributed by atoms with Crippen molar-refractivity contribution in [2.24, 2.45) is 11.3 Å². The molecule has 2 aliphatic rings. The van der Waals surface area contributed by atoms with Crippen molar-refractivity contribution in [1.29, 1.82) is 5.26 Å². The van der Waals surface area contributed by atoms with E-state index < -0.39 is 11.8 Å². The first-order chi connectivity index (χ1) is 14.5. The van der Waals surface area contributed by atoms with Crippen LogP contribution < -0.4 is 0 Å².